The van der Waals surface area contributed by atoms with E-state index in [1.54, 1.807) is 0 Å². The van der Waals surface area contributed by atoms with Crippen molar-refractivity contribution in [3.8, 4) is 0 Å². The van der Waals surface area contributed by atoms with Gasteiger partial charge in [-0.2, -0.15) is 0 Å². The second-order valence-corrected chi connectivity index (χ2v) is 8.80. The fraction of sp³-hybridized carbons (Fsp3) is 0.409. The van der Waals surface area contributed by atoms with Gasteiger partial charge in [0.2, 0.25) is 5.91 Å². The highest BCUT2D eigenvalue weighted by Crippen LogP contribution is 2.31. The zero-order valence-electron chi connectivity index (χ0n) is 16.1. The number of carbonyl (C=O) groups excluding carboxylic acids is 1. The van der Waals surface area contributed by atoms with Crippen LogP contribution >= 0.6 is 22.6 Å². The molecule has 2 aliphatic rings. The van der Waals surface area contributed by atoms with Gasteiger partial charge in [0.15, 0.2) is 0 Å². The van der Waals surface area contributed by atoms with Crippen LogP contribution in [0.2, 0.25) is 0 Å². The molecule has 0 saturated carbocycles. The van der Waals surface area contributed by atoms with Gasteiger partial charge in [-0.25, -0.2) is 0 Å². The number of aliphatic hydroxyl groups excluding tert-OH is 1. The minimum absolute atomic E-state index is 0.0512. The highest BCUT2D eigenvalue weighted by Gasteiger charge is 2.34. The lowest BCUT2D eigenvalue weighted by molar-refractivity contribution is -0.114. The van der Waals surface area contributed by atoms with Gasteiger partial charge < -0.3 is 15.3 Å². The van der Waals surface area contributed by atoms with Gasteiger partial charge in [-0.1, -0.05) is 24.3 Å². The third-order valence-electron chi connectivity index (χ3n) is 5.84. The Hall–Kier alpha value is -1.64. The molecule has 0 unspecified atom stereocenters. The number of carbonyl (C=O) groups is 1. The second-order valence-electron chi connectivity index (χ2n) is 7.64. The van der Waals surface area contributed by atoms with E-state index in [4.69, 9.17) is 0 Å². The minimum Gasteiger partial charge on any atom is -0.391 e. The van der Waals surface area contributed by atoms with E-state index in [0.717, 1.165) is 50.4 Å². The molecule has 6 heteroatoms. The van der Waals surface area contributed by atoms with Crippen LogP contribution in [0.25, 0.3) is 0 Å². The van der Waals surface area contributed by atoms with E-state index in [-0.39, 0.29) is 18.1 Å². The first-order valence-corrected chi connectivity index (χ1v) is 10.9. The van der Waals surface area contributed by atoms with E-state index < -0.39 is 0 Å². The van der Waals surface area contributed by atoms with Crippen LogP contribution in [0.15, 0.2) is 42.5 Å². The Bertz CT molecular complexity index is 865. The fourth-order valence-electron chi connectivity index (χ4n) is 4.44. The molecule has 1 heterocycles. The molecule has 148 valence electrons. The standard InChI is InChI=1S/C22H26IN3O2/c1-15(27)24-19-7-2-3-8-20(19)25-9-11-26(12-10-25)21-13-16-5-4-6-18(23)17(16)14-22(21)28/h2-8,21-22,28H,9-14H2,1H3,(H,24,27)/t21-,22-/m0/s1. The molecule has 2 atom stereocenters. The van der Waals surface area contributed by atoms with Crippen LogP contribution in [0.1, 0.15) is 18.1 Å². The summed E-state index contributed by atoms with van der Waals surface area (Å²) in [6.07, 6.45) is 1.34. The molecule has 1 aliphatic heterocycles. The van der Waals surface area contributed by atoms with Gasteiger partial charge >= 0.3 is 0 Å². The molecular weight excluding hydrogens is 465 g/mol. The number of nitrogens with one attached hydrogen (secondary N) is 1. The molecule has 1 fully saturated rings. The third-order valence-corrected chi connectivity index (χ3v) is 6.85. The van der Waals surface area contributed by atoms with Crippen molar-refractivity contribution in [3.05, 3.63) is 57.2 Å². The van der Waals surface area contributed by atoms with Crippen molar-refractivity contribution < 1.29 is 9.90 Å². The van der Waals surface area contributed by atoms with Crippen LogP contribution in [0, 0.1) is 3.57 Å². The molecular formula is C22H26IN3O2. The maximum Gasteiger partial charge on any atom is 0.221 e. The number of anilines is 2. The molecule has 1 amide bonds. The second kappa shape index (κ2) is 8.39. The molecule has 0 radical (unpaired) electrons. The van der Waals surface area contributed by atoms with Gasteiger partial charge in [-0.3, -0.25) is 9.69 Å². The minimum atomic E-state index is -0.318. The van der Waals surface area contributed by atoms with Gasteiger partial charge in [0, 0.05) is 49.1 Å². The summed E-state index contributed by atoms with van der Waals surface area (Å²) in [4.78, 5) is 16.3. The first-order valence-electron chi connectivity index (χ1n) is 9.83. The highest BCUT2D eigenvalue weighted by atomic mass is 127. The third kappa shape index (κ3) is 4.04. The van der Waals surface area contributed by atoms with Crippen LogP contribution in [0.3, 0.4) is 0 Å². The highest BCUT2D eigenvalue weighted by molar-refractivity contribution is 14.1. The number of benzene rings is 2. The van der Waals surface area contributed by atoms with Crippen molar-refractivity contribution >= 4 is 39.9 Å². The Labute approximate surface area is 179 Å². The first-order chi connectivity index (χ1) is 13.5. The van der Waals surface area contributed by atoms with Crippen molar-refractivity contribution in [2.24, 2.45) is 0 Å². The largest absolute Gasteiger partial charge is 0.391 e. The lowest BCUT2D eigenvalue weighted by atomic mass is 9.85. The van der Waals surface area contributed by atoms with E-state index in [1.807, 2.05) is 18.2 Å². The lowest BCUT2D eigenvalue weighted by Gasteiger charge is -2.44. The summed E-state index contributed by atoms with van der Waals surface area (Å²) in [7, 11) is 0. The number of rotatable bonds is 3. The summed E-state index contributed by atoms with van der Waals surface area (Å²) >= 11 is 2.37. The van der Waals surface area contributed by atoms with Crippen LogP contribution in [0.4, 0.5) is 11.4 Å². The van der Waals surface area contributed by atoms with Crippen LogP contribution < -0.4 is 10.2 Å². The summed E-state index contributed by atoms with van der Waals surface area (Å²) in [5, 5.41) is 13.7. The van der Waals surface area contributed by atoms with Gasteiger partial charge in [-0.15, -0.1) is 0 Å². The number of hydrogen-bond donors (Lipinski definition) is 2. The number of nitrogens with zero attached hydrogens (tertiary/aromatic N) is 2. The van der Waals surface area contributed by atoms with E-state index >= 15 is 0 Å². The monoisotopic (exact) mass is 491 g/mol. The first kappa shape index (κ1) is 19.7. The molecule has 2 N–H and O–H groups in total. The Morgan fingerprint density at radius 1 is 1.07 bits per heavy atom. The molecule has 1 saturated heterocycles. The van der Waals surface area contributed by atoms with Crippen LogP contribution in [-0.2, 0) is 17.6 Å². The van der Waals surface area contributed by atoms with Crippen molar-refractivity contribution in [2.45, 2.75) is 31.9 Å². The average Bonchev–Trinajstić information content (AvgIpc) is 2.69. The summed E-state index contributed by atoms with van der Waals surface area (Å²) in [6.45, 7) is 5.14. The Morgan fingerprint density at radius 3 is 2.57 bits per heavy atom. The number of fused-ring (bicyclic) bond motifs is 1. The normalized spacial score (nSPS) is 22.6. The molecule has 5 nitrogen and oxygen atoms in total. The molecule has 1 aliphatic carbocycles. The fourth-order valence-corrected chi connectivity index (χ4v) is 5.22. The topological polar surface area (TPSA) is 55.8 Å². The molecule has 28 heavy (non-hydrogen) atoms. The summed E-state index contributed by atoms with van der Waals surface area (Å²) in [5.41, 5.74) is 4.63. The summed E-state index contributed by atoms with van der Waals surface area (Å²) < 4.78 is 1.26. The molecule has 4 rings (SSSR count). The number of halogens is 1. The zero-order chi connectivity index (χ0) is 19.7. The van der Waals surface area contributed by atoms with E-state index in [9.17, 15) is 9.90 Å². The van der Waals surface area contributed by atoms with Crippen molar-refractivity contribution in [2.75, 3.05) is 36.4 Å². The van der Waals surface area contributed by atoms with E-state index in [2.05, 4.69) is 62.0 Å². The van der Waals surface area contributed by atoms with Crippen molar-refractivity contribution in [1.82, 2.24) is 4.90 Å². The van der Waals surface area contributed by atoms with E-state index in [0.29, 0.717) is 0 Å². The molecule has 2 aromatic rings. The predicted octanol–water partition coefficient (Wildman–Crippen LogP) is 2.90. The van der Waals surface area contributed by atoms with Gasteiger partial charge in [-0.05, 0) is 58.3 Å². The number of para-hydroxylation sites is 2. The van der Waals surface area contributed by atoms with Crippen LogP contribution in [0.5, 0.6) is 0 Å². The Balaban J connectivity index is 1.44. The Kier molecular flexibility index (Phi) is 5.89. The average molecular weight is 491 g/mol. The number of aliphatic hydroxyl groups is 1. The molecule has 0 spiro atoms. The molecule has 2 aromatic carbocycles. The smallest absolute Gasteiger partial charge is 0.221 e. The predicted molar refractivity (Wildman–Crippen MR) is 121 cm³/mol. The molecule has 0 bridgehead atoms. The zero-order valence-corrected chi connectivity index (χ0v) is 18.2. The maximum atomic E-state index is 11.5. The van der Waals surface area contributed by atoms with Gasteiger partial charge in [0.25, 0.3) is 0 Å². The SMILES string of the molecule is CC(=O)Nc1ccccc1N1CCN([C@H]2Cc3cccc(I)c3C[C@@H]2O)CC1. The summed E-state index contributed by atoms with van der Waals surface area (Å²) in [5.74, 6) is -0.0512. The number of piperazine rings is 1. The van der Waals surface area contributed by atoms with Crippen molar-refractivity contribution in [1.29, 1.82) is 0 Å². The van der Waals surface area contributed by atoms with Crippen molar-refractivity contribution in [3.63, 3.8) is 0 Å². The quantitative estimate of drug-likeness (QED) is 0.649. The number of hydrogen-bond acceptors (Lipinski definition) is 4. The summed E-state index contributed by atoms with van der Waals surface area (Å²) in [6, 6.07) is 14.6. The lowest BCUT2D eigenvalue weighted by Crippen LogP contribution is -2.56. The Morgan fingerprint density at radius 2 is 1.82 bits per heavy atom. The van der Waals surface area contributed by atoms with Crippen LogP contribution in [-0.4, -0.2) is 54.2 Å². The van der Waals surface area contributed by atoms with E-state index in [1.165, 1.54) is 21.6 Å². The van der Waals surface area contributed by atoms with Gasteiger partial charge in [0.1, 0.15) is 0 Å². The molecule has 0 aromatic heterocycles. The number of amides is 1. The maximum absolute atomic E-state index is 11.5. The van der Waals surface area contributed by atoms with Gasteiger partial charge in [0.05, 0.1) is 17.5 Å².